The molecule has 2 heteroatoms. The molecule has 1 N–H and O–H groups in total. The number of rotatable bonds is 4. The van der Waals surface area contributed by atoms with Crippen LogP contribution in [0.1, 0.15) is 13.3 Å². The van der Waals surface area contributed by atoms with Crippen LogP contribution in [0, 0.1) is 0 Å². The molecular weight excluding hydrogens is 104 g/mol. The number of ether oxygens (including phenoxy) is 1. The molecule has 2 nitrogen and oxygen atoms in total. The van der Waals surface area contributed by atoms with Crippen molar-refractivity contribution >= 4 is 0 Å². The Morgan fingerprint density at radius 3 is 2.88 bits per heavy atom. The largest absolute Gasteiger partial charge is 0.368 e. The highest BCUT2D eigenvalue weighted by atomic mass is 16.6. The fourth-order valence-corrected chi connectivity index (χ4v) is 0.322. The van der Waals surface area contributed by atoms with Gasteiger partial charge in [-0.1, -0.05) is 6.08 Å². The quantitative estimate of drug-likeness (QED) is 0.336. The van der Waals surface area contributed by atoms with E-state index in [1.807, 2.05) is 0 Å². The molecule has 0 aromatic carbocycles. The fourth-order valence-electron chi connectivity index (χ4n) is 0.322. The van der Waals surface area contributed by atoms with Crippen LogP contribution in [-0.2, 0) is 4.74 Å². The van der Waals surface area contributed by atoms with E-state index in [0.717, 1.165) is 6.42 Å². The first kappa shape index (κ1) is 7.66. The molecule has 0 saturated heterocycles. The van der Waals surface area contributed by atoms with Gasteiger partial charge in [0.05, 0.1) is 6.61 Å². The van der Waals surface area contributed by atoms with Gasteiger partial charge < -0.3 is 9.84 Å². The van der Waals surface area contributed by atoms with E-state index in [2.05, 4.69) is 6.58 Å². The molecule has 0 rings (SSSR count). The molecule has 0 spiro atoms. The van der Waals surface area contributed by atoms with Gasteiger partial charge in [-0.05, 0) is 13.3 Å². The minimum atomic E-state index is -0.644. The third kappa shape index (κ3) is 5.66. The number of aliphatic hydroxyl groups is 1. The van der Waals surface area contributed by atoms with E-state index in [-0.39, 0.29) is 0 Å². The van der Waals surface area contributed by atoms with Crippen molar-refractivity contribution in [2.75, 3.05) is 6.61 Å². The normalized spacial score (nSPS) is 13.2. The first-order valence-corrected chi connectivity index (χ1v) is 2.68. The average Bonchev–Trinajstić information content (AvgIpc) is 1.66. The van der Waals surface area contributed by atoms with Gasteiger partial charge >= 0.3 is 0 Å². The predicted molar refractivity (Wildman–Crippen MR) is 32.4 cm³/mol. The Bertz CT molecular complexity index is 59.5. The van der Waals surface area contributed by atoms with Crippen molar-refractivity contribution in [2.45, 2.75) is 19.6 Å². The lowest BCUT2D eigenvalue weighted by atomic mass is 10.5. The summed E-state index contributed by atoms with van der Waals surface area (Å²) < 4.78 is 4.77. The van der Waals surface area contributed by atoms with Crippen molar-refractivity contribution in [3.63, 3.8) is 0 Å². The van der Waals surface area contributed by atoms with Crippen molar-refractivity contribution < 1.29 is 9.84 Å². The summed E-state index contributed by atoms with van der Waals surface area (Å²) in [7, 11) is 0. The van der Waals surface area contributed by atoms with E-state index < -0.39 is 6.29 Å². The summed E-state index contributed by atoms with van der Waals surface area (Å²) in [5.41, 5.74) is 0. The van der Waals surface area contributed by atoms with E-state index in [4.69, 9.17) is 9.84 Å². The summed E-state index contributed by atoms with van der Waals surface area (Å²) in [6.45, 7) is 5.64. The molecular formula is C6H12O2. The Kier molecular flexibility index (Phi) is 4.61. The van der Waals surface area contributed by atoms with Crippen LogP contribution in [0.25, 0.3) is 0 Å². The van der Waals surface area contributed by atoms with Gasteiger partial charge in [0.15, 0.2) is 6.29 Å². The molecule has 0 saturated carbocycles. The van der Waals surface area contributed by atoms with E-state index in [9.17, 15) is 0 Å². The van der Waals surface area contributed by atoms with Gasteiger partial charge in [-0.25, -0.2) is 0 Å². The van der Waals surface area contributed by atoms with Crippen molar-refractivity contribution in [3.8, 4) is 0 Å². The highest BCUT2D eigenvalue weighted by Crippen LogP contribution is 1.86. The van der Waals surface area contributed by atoms with Gasteiger partial charge in [-0.2, -0.15) is 0 Å². The molecule has 0 amide bonds. The SMILES string of the molecule is C=CCCOC(C)O. The standard InChI is InChI=1S/C6H12O2/c1-3-4-5-8-6(2)7/h3,6-7H,1,4-5H2,2H3. The first-order valence-electron chi connectivity index (χ1n) is 2.68. The van der Waals surface area contributed by atoms with E-state index in [1.54, 1.807) is 13.0 Å². The van der Waals surface area contributed by atoms with Crippen LogP contribution in [0.15, 0.2) is 12.7 Å². The zero-order valence-electron chi connectivity index (χ0n) is 5.13. The molecule has 0 fully saturated rings. The summed E-state index contributed by atoms with van der Waals surface area (Å²) >= 11 is 0. The van der Waals surface area contributed by atoms with Crippen molar-refractivity contribution in [2.24, 2.45) is 0 Å². The Morgan fingerprint density at radius 1 is 1.88 bits per heavy atom. The molecule has 0 aliphatic rings. The molecule has 1 unspecified atom stereocenters. The lowest BCUT2D eigenvalue weighted by molar-refractivity contribution is -0.0833. The molecule has 0 aliphatic heterocycles. The van der Waals surface area contributed by atoms with Crippen molar-refractivity contribution in [1.82, 2.24) is 0 Å². The van der Waals surface area contributed by atoms with Gasteiger partial charge in [0.25, 0.3) is 0 Å². The van der Waals surface area contributed by atoms with Crippen LogP contribution in [0.4, 0.5) is 0 Å². The molecule has 0 heterocycles. The van der Waals surface area contributed by atoms with Crippen LogP contribution in [0.3, 0.4) is 0 Å². The van der Waals surface area contributed by atoms with Crippen LogP contribution in [-0.4, -0.2) is 18.0 Å². The third-order valence-electron chi connectivity index (χ3n) is 0.681. The average molecular weight is 116 g/mol. The van der Waals surface area contributed by atoms with Crippen LogP contribution in [0.5, 0.6) is 0 Å². The Balaban J connectivity index is 2.81. The smallest absolute Gasteiger partial charge is 0.151 e. The van der Waals surface area contributed by atoms with Gasteiger partial charge in [0, 0.05) is 0 Å². The molecule has 0 aromatic rings. The Labute approximate surface area is 49.8 Å². The molecule has 0 radical (unpaired) electrons. The first-order chi connectivity index (χ1) is 3.77. The van der Waals surface area contributed by atoms with Gasteiger partial charge in [0.2, 0.25) is 0 Å². The zero-order valence-corrected chi connectivity index (χ0v) is 5.13. The van der Waals surface area contributed by atoms with Crippen LogP contribution >= 0.6 is 0 Å². The summed E-state index contributed by atoms with van der Waals surface area (Å²) in [5.74, 6) is 0. The maximum Gasteiger partial charge on any atom is 0.151 e. The molecule has 1 atom stereocenters. The zero-order chi connectivity index (χ0) is 6.41. The highest BCUT2D eigenvalue weighted by molar-refractivity contribution is 4.64. The third-order valence-corrected chi connectivity index (χ3v) is 0.681. The number of hydrogen-bond donors (Lipinski definition) is 1. The molecule has 0 aromatic heterocycles. The summed E-state index contributed by atoms with van der Waals surface area (Å²) in [6, 6.07) is 0. The van der Waals surface area contributed by atoms with E-state index in [0.29, 0.717) is 6.61 Å². The minimum absolute atomic E-state index is 0.557. The van der Waals surface area contributed by atoms with Gasteiger partial charge in [0.1, 0.15) is 0 Å². The molecule has 8 heavy (non-hydrogen) atoms. The number of hydrogen-bond acceptors (Lipinski definition) is 2. The highest BCUT2D eigenvalue weighted by Gasteiger charge is 1.89. The van der Waals surface area contributed by atoms with Gasteiger partial charge in [-0.15, -0.1) is 6.58 Å². The summed E-state index contributed by atoms with van der Waals surface area (Å²) in [4.78, 5) is 0. The van der Waals surface area contributed by atoms with Crippen molar-refractivity contribution in [3.05, 3.63) is 12.7 Å². The van der Waals surface area contributed by atoms with Crippen LogP contribution < -0.4 is 0 Å². The van der Waals surface area contributed by atoms with Gasteiger partial charge in [-0.3, -0.25) is 0 Å². The van der Waals surface area contributed by atoms with Crippen LogP contribution in [0.2, 0.25) is 0 Å². The lowest BCUT2D eigenvalue weighted by Gasteiger charge is -2.02. The second kappa shape index (κ2) is 4.81. The van der Waals surface area contributed by atoms with E-state index >= 15 is 0 Å². The molecule has 0 bridgehead atoms. The second-order valence-corrected chi connectivity index (χ2v) is 1.55. The maximum atomic E-state index is 8.52. The molecule has 48 valence electrons. The monoisotopic (exact) mass is 116 g/mol. The summed E-state index contributed by atoms with van der Waals surface area (Å²) in [6.07, 6.45) is 1.91. The predicted octanol–water partition coefficient (Wildman–Crippen LogP) is 0.917. The number of aliphatic hydroxyl groups excluding tert-OH is 1. The Hall–Kier alpha value is -0.340. The Morgan fingerprint density at radius 2 is 2.50 bits per heavy atom. The summed E-state index contributed by atoms with van der Waals surface area (Å²) in [5, 5.41) is 8.52. The lowest BCUT2D eigenvalue weighted by Crippen LogP contribution is -2.06. The molecule has 0 aliphatic carbocycles. The fraction of sp³-hybridized carbons (Fsp3) is 0.667. The maximum absolute atomic E-state index is 8.52. The topological polar surface area (TPSA) is 29.5 Å². The van der Waals surface area contributed by atoms with Crippen molar-refractivity contribution in [1.29, 1.82) is 0 Å². The van der Waals surface area contributed by atoms with E-state index in [1.165, 1.54) is 0 Å². The second-order valence-electron chi connectivity index (χ2n) is 1.55. The minimum Gasteiger partial charge on any atom is -0.368 e.